The van der Waals surface area contributed by atoms with Crippen molar-refractivity contribution in [2.75, 3.05) is 11.9 Å². The highest BCUT2D eigenvalue weighted by atomic mass is 32.1. The number of thiazole rings is 1. The molecule has 1 aromatic carbocycles. The van der Waals surface area contributed by atoms with Gasteiger partial charge in [0.05, 0.1) is 12.6 Å². The Bertz CT molecular complexity index is 625. The Balaban J connectivity index is 2.11. The molecule has 4 nitrogen and oxygen atoms in total. The smallest absolute Gasteiger partial charge is 0.358 e. The fourth-order valence-electron chi connectivity index (χ4n) is 1.87. The van der Waals surface area contributed by atoms with Crippen LogP contribution in [0.5, 0.6) is 0 Å². The molecule has 0 aliphatic rings. The molecule has 0 amide bonds. The Hall–Kier alpha value is -1.95. The van der Waals surface area contributed by atoms with Gasteiger partial charge in [-0.3, -0.25) is 0 Å². The van der Waals surface area contributed by atoms with E-state index >= 15 is 0 Å². The Morgan fingerprint density at radius 1 is 1.43 bits per heavy atom. The highest BCUT2D eigenvalue weighted by Crippen LogP contribution is 2.26. The number of rotatable bonds is 5. The van der Waals surface area contributed by atoms with Gasteiger partial charge in [-0.1, -0.05) is 12.1 Å². The first-order chi connectivity index (χ1) is 10.0. The number of ether oxygens (including phenoxy) is 1. The minimum Gasteiger partial charge on any atom is -0.461 e. The maximum atomic E-state index is 12.9. The maximum absolute atomic E-state index is 12.9. The van der Waals surface area contributed by atoms with Crippen LogP contribution in [-0.4, -0.2) is 17.6 Å². The fourth-order valence-corrected chi connectivity index (χ4v) is 2.76. The van der Waals surface area contributed by atoms with Crippen LogP contribution >= 0.6 is 11.3 Å². The lowest BCUT2D eigenvalue weighted by atomic mass is 10.1. The lowest BCUT2D eigenvalue weighted by Gasteiger charge is -2.12. The minimum atomic E-state index is -0.409. The van der Waals surface area contributed by atoms with Crippen LogP contribution in [0.3, 0.4) is 0 Å². The van der Waals surface area contributed by atoms with Gasteiger partial charge in [0.25, 0.3) is 0 Å². The molecule has 6 heteroatoms. The molecule has 21 heavy (non-hydrogen) atoms. The predicted molar refractivity (Wildman–Crippen MR) is 81.2 cm³/mol. The van der Waals surface area contributed by atoms with E-state index in [1.807, 2.05) is 13.8 Å². The van der Waals surface area contributed by atoms with Crippen molar-refractivity contribution in [1.82, 2.24) is 4.98 Å². The summed E-state index contributed by atoms with van der Waals surface area (Å²) in [5.74, 6) is -0.672. The van der Waals surface area contributed by atoms with Crippen LogP contribution in [-0.2, 0) is 4.74 Å². The Labute approximate surface area is 127 Å². The molecule has 0 aliphatic heterocycles. The van der Waals surface area contributed by atoms with E-state index in [9.17, 15) is 9.18 Å². The zero-order valence-corrected chi connectivity index (χ0v) is 13.0. The SMILES string of the molecule is CCOC(=O)c1nc(NC(C)c2ccc(F)cc2)sc1C. The molecule has 112 valence electrons. The number of hydrogen-bond donors (Lipinski definition) is 1. The highest BCUT2D eigenvalue weighted by Gasteiger charge is 2.17. The van der Waals surface area contributed by atoms with Crippen molar-refractivity contribution in [3.05, 3.63) is 46.2 Å². The second kappa shape index (κ2) is 6.67. The normalized spacial score (nSPS) is 12.0. The van der Waals surface area contributed by atoms with E-state index in [1.54, 1.807) is 19.1 Å². The van der Waals surface area contributed by atoms with Gasteiger partial charge in [0.15, 0.2) is 10.8 Å². The first-order valence-electron chi connectivity index (χ1n) is 6.67. The second-order valence-corrected chi connectivity index (χ2v) is 5.77. The van der Waals surface area contributed by atoms with E-state index in [-0.39, 0.29) is 11.9 Å². The number of esters is 1. The van der Waals surface area contributed by atoms with Gasteiger partial charge in [-0.25, -0.2) is 14.2 Å². The van der Waals surface area contributed by atoms with Crippen LogP contribution in [0, 0.1) is 12.7 Å². The molecule has 1 heterocycles. The first-order valence-corrected chi connectivity index (χ1v) is 7.49. The number of carbonyl (C=O) groups excluding carboxylic acids is 1. The van der Waals surface area contributed by atoms with Crippen LogP contribution in [0.15, 0.2) is 24.3 Å². The molecular formula is C15H17FN2O2S. The van der Waals surface area contributed by atoms with E-state index in [4.69, 9.17) is 4.74 Å². The molecule has 2 aromatic rings. The molecule has 0 radical (unpaired) electrons. The molecule has 0 saturated heterocycles. The number of benzene rings is 1. The summed E-state index contributed by atoms with van der Waals surface area (Å²) in [6, 6.07) is 6.25. The van der Waals surface area contributed by atoms with Crippen LogP contribution in [0.25, 0.3) is 0 Å². The molecule has 1 unspecified atom stereocenters. The summed E-state index contributed by atoms with van der Waals surface area (Å²) < 4.78 is 17.9. The van der Waals surface area contributed by atoms with E-state index in [0.29, 0.717) is 17.4 Å². The van der Waals surface area contributed by atoms with Crippen LogP contribution in [0.2, 0.25) is 0 Å². The number of aromatic nitrogens is 1. The van der Waals surface area contributed by atoms with Gasteiger partial charge < -0.3 is 10.1 Å². The lowest BCUT2D eigenvalue weighted by Crippen LogP contribution is -2.08. The molecular weight excluding hydrogens is 291 g/mol. The van der Waals surface area contributed by atoms with Crippen LogP contribution in [0.1, 0.15) is 40.8 Å². The molecule has 2 rings (SSSR count). The van der Waals surface area contributed by atoms with Crippen LogP contribution in [0.4, 0.5) is 9.52 Å². The predicted octanol–water partition coefficient (Wildman–Crippen LogP) is 3.94. The molecule has 1 aromatic heterocycles. The number of nitrogens with zero attached hydrogens (tertiary/aromatic N) is 1. The summed E-state index contributed by atoms with van der Waals surface area (Å²) in [4.78, 5) is 16.8. The standard InChI is InChI=1S/C15H17FN2O2S/c1-4-20-14(19)13-10(3)21-15(18-13)17-9(2)11-5-7-12(16)8-6-11/h5-9H,4H2,1-3H3,(H,17,18). The average molecular weight is 308 g/mol. The molecule has 0 bridgehead atoms. The third kappa shape index (κ3) is 3.78. The van der Waals surface area contributed by atoms with Crippen molar-refractivity contribution < 1.29 is 13.9 Å². The lowest BCUT2D eigenvalue weighted by molar-refractivity contribution is 0.0519. The second-order valence-electron chi connectivity index (χ2n) is 4.56. The van der Waals surface area contributed by atoms with Gasteiger partial charge in [-0.15, -0.1) is 11.3 Å². The third-order valence-corrected chi connectivity index (χ3v) is 3.88. The molecule has 0 spiro atoms. The van der Waals surface area contributed by atoms with Crippen molar-refractivity contribution in [1.29, 1.82) is 0 Å². The van der Waals surface area contributed by atoms with Crippen molar-refractivity contribution in [3.8, 4) is 0 Å². The monoisotopic (exact) mass is 308 g/mol. The summed E-state index contributed by atoms with van der Waals surface area (Å²) in [6.07, 6.45) is 0. The fraction of sp³-hybridized carbons (Fsp3) is 0.333. The summed E-state index contributed by atoms with van der Waals surface area (Å²) in [7, 11) is 0. The maximum Gasteiger partial charge on any atom is 0.358 e. The van der Waals surface area contributed by atoms with Gasteiger partial charge in [-0.05, 0) is 38.5 Å². The summed E-state index contributed by atoms with van der Waals surface area (Å²) in [5.41, 5.74) is 1.29. The Kier molecular flexibility index (Phi) is 4.90. The van der Waals surface area contributed by atoms with Gasteiger partial charge in [0.2, 0.25) is 0 Å². The first kappa shape index (κ1) is 15.4. The van der Waals surface area contributed by atoms with Gasteiger partial charge in [0, 0.05) is 4.88 Å². The van der Waals surface area contributed by atoms with Gasteiger partial charge in [0.1, 0.15) is 5.82 Å². The van der Waals surface area contributed by atoms with Crippen molar-refractivity contribution >= 4 is 22.4 Å². The molecule has 1 atom stereocenters. The quantitative estimate of drug-likeness (QED) is 0.850. The minimum absolute atomic E-state index is 0.0359. The largest absolute Gasteiger partial charge is 0.461 e. The number of aryl methyl sites for hydroxylation is 1. The third-order valence-electron chi connectivity index (χ3n) is 2.98. The topological polar surface area (TPSA) is 51.2 Å². The van der Waals surface area contributed by atoms with E-state index < -0.39 is 5.97 Å². The summed E-state index contributed by atoms with van der Waals surface area (Å²) >= 11 is 1.40. The number of halogens is 1. The Morgan fingerprint density at radius 3 is 2.71 bits per heavy atom. The van der Waals surface area contributed by atoms with Gasteiger partial charge >= 0.3 is 5.97 Å². The Morgan fingerprint density at radius 2 is 2.10 bits per heavy atom. The zero-order valence-electron chi connectivity index (χ0n) is 12.1. The highest BCUT2D eigenvalue weighted by molar-refractivity contribution is 7.15. The molecule has 1 N–H and O–H groups in total. The van der Waals surface area contributed by atoms with E-state index in [2.05, 4.69) is 10.3 Å². The van der Waals surface area contributed by atoms with Crippen molar-refractivity contribution in [2.45, 2.75) is 26.8 Å². The number of carbonyl (C=O) groups is 1. The molecule has 0 fully saturated rings. The van der Waals surface area contributed by atoms with Crippen molar-refractivity contribution in [3.63, 3.8) is 0 Å². The summed E-state index contributed by atoms with van der Waals surface area (Å²) in [6.45, 7) is 5.87. The number of hydrogen-bond acceptors (Lipinski definition) is 5. The number of anilines is 1. The summed E-state index contributed by atoms with van der Waals surface area (Å²) in [5, 5.41) is 3.86. The zero-order chi connectivity index (χ0) is 15.4. The van der Waals surface area contributed by atoms with Gasteiger partial charge in [-0.2, -0.15) is 0 Å². The van der Waals surface area contributed by atoms with Crippen LogP contribution < -0.4 is 5.32 Å². The van der Waals surface area contributed by atoms with E-state index in [1.165, 1.54) is 23.5 Å². The molecule has 0 aliphatic carbocycles. The number of nitrogens with one attached hydrogen (secondary N) is 1. The van der Waals surface area contributed by atoms with E-state index in [0.717, 1.165) is 10.4 Å². The molecule has 0 saturated carbocycles. The average Bonchev–Trinajstić information content (AvgIpc) is 2.80. The van der Waals surface area contributed by atoms with Crippen molar-refractivity contribution in [2.24, 2.45) is 0 Å².